The van der Waals surface area contributed by atoms with Crippen molar-refractivity contribution in [2.45, 2.75) is 58.3 Å². The zero-order valence-electron chi connectivity index (χ0n) is 19.7. The summed E-state index contributed by atoms with van der Waals surface area (Å²) in [4.78, 5) is 14.1. The molecule has 0 radical (unpaired) electrons. The summed E-state index contributed by atoms with van der Waals surface area (Å²) in [6, 6.07) is 6.34. The summed E-state index contributed by atoms with van der Waals surface area (Å²) in [6.45, 7) is 7.35. The van der Waals surface area contributed by atoms with Gasteiger partial charge in [0.05, 0.1) is 30.3 Å². The number of aryl methyl sites for hydroxylation is 1. The summed E-state index contributed by atoms with van der Waals surface area (Å²) >= 11 is 0. The quantitative estimate of drug-likeness (QED) is 0.559. The molecule has 9 heteroatoms. The van der Waals surface area contributed by atoms with Crippen LogP contribution in [0.3, 0.4) is 0 Å². The molecule has 0 atom stereocenters. The van der Waals surface area contributed by atoms with Crippen LogP contribution in [-0.4, -0.2) is 57.4 Å². The molecule has 0 unspecified atom stereocenters. The number of nitrogens with one attached hydrogen (secondary N) is 2. The number of ether oxygens (including phenoxy) is 2. The molecule has 0 aromatic carbocycles. The summed E-state index contributed by atoms with van der Waals surface area (Å²) in [5.74, 6) is 1.000. The van der Waals surface area contributed by atoms with Crippen molar-refractivity contribution in [3.8, 4) is 11.3 Å². The number of hydrogen-bond acceptors (Lipinski definition) is 8. The first-order chi connectivity index (χ1) is 16.0. The summed E-state index contributed by atoms with van der Waals surface area (Å²) in [5.41, 5.74) is 5.54. The molecule has 33 heavy (non-hydrogen) atoms. The van der Waals surface area contributed by atoms with E-state index < -0.39 is 0 Å². The van der Waals surface area contributed by atoms with Gasteiger partial charge in [-0.1, -0.05) is 0 Å². The molecule has 2 fully saturated rings. The highest BCUT2D eigenvalue weighted by Crippen LogP contribution is 2.37. The minimum atomic E-state index is -0.365. The van der Waals surface area contributed by atoms with Crippen LogP contribution in [0.1, 0.15) is 45.2 Å². The Morgan fingerprint density at radius 2 is 1.88 bits per heavy atom. The van der Waals surface area contributed by atoms with Crippen molar-refractivity contribution in [3.05, 3.63) is 30.1 Å². The Morgan fingerprint density at radius 3 is 2.55 bits per heavy atom. The van der Waals surface area contributed by atoms with E-state index in [1.165, 1.54) is 0 Å². The lowest BCUT2D eigenvalue weighted by atomic mass is 9.90. The predicted octanol–water partition coefficient (Wildman–Crippen LogP) is 4.35. The number of fused-ring (bicyclic) bond motifs is 1. The molecule has 0 amide bonds. The van der Waals surface area contributed by atoms with Gasteiger partial charge in [-0.15, -0.1) is 5.10 Å². The molecule has 174 valence electrons. The molecule has 3 aromatic rings. The van der Waals surface area contributed by atoms with E-state index in [0.29, 0.717) is 25.2 Å². The van der Waals surface area contributed by atoms with Crippen molar-refractivity contribution < 1.29 is 9.47 Å². The molecule has 4 heterocycles. The van der Waals surface area contributed by atoms with E-state index in [2.05, 4.69) is 15.6 Å². The molecule has 2 aliphatic rings. The highest BCUT2D eigenvalue weighted by molar-refractivity contribution is 5.88. The second-order valence-corrected chi connectivity index (χ2v) is 8.94. The minimum absolute atomic E-state index is 0.292. The van der Waals surface area contributed by atoms with Crippen LogP contribution in [0, 0.1) is 6.92 Å². The third kappa shape index (κ3) is 4.30. The Bertz CT molecular complexity index is 1180. The van der Waals surface area contributed by atoms with Crippen molar-refractivity contribution in [1.29, 1.82) is 0 Å². The van der Waals surface area contributed by atoms with Crippen LogP contribution in [0.2, 0.25) is 0 Å². The van der Waals surface area contributed by atoms with E-state index in [0.717, 1.165) is 65.4 Å². The first-order valence-corrected chi connectivity index (χ1v) is 11.6. The minimum Gasteiger partial charge on any atom is -0.371 e. The number of hydrogen-bond donors (Lipinski definition) is 2. The Labute approximate surface area is 193 Å². The van der Waals surface area contributed by atoms with E-state index in [-0.39, 0.29) is 5.79 Å². The number of aromatic nitrogens is 4. The van der Waals surface area contributed by atoms with Gasteiger partial charge < -0.3 is 20.1 Å². The maximum absolute atomic E-state index is 5.85. The zero-order valence-corrected chi connectivity index (χ0v) is 19.7. The first kappa shape index (κ1) is 21.8. The molecule has 2 N–H and O–H groups in total. The predicted molar refractivity (Wildman–Crippen MR) is 129 cm³/mol. The maximum atomic E-state index is 5.85. The molecule has 1 saturated carbocycles. The lowest BCUT2D eigenvalue weighted by Gasteiger charge is -2.35. The van der Waals surface area contributed by atoms with E-state index >= 15 is 0 Å². The summed E-state index contributed by atoms with van der Waals surface area (Å²) in [7, 11) is 1.88. The number of aliphatic imine (C=N–C) groups is 1. The lowest BCUT2D eigenvalue weighted by molar-refractivity contribution is -0.177. The van der Waals surface area contributed by atoms with Crippen molar-refractivity contribution in [2.75, 3.05) is 30.9 Å². The second-order valence-electron chi connectivity index (χ2n) is 8.94. The van der Waals surface area contributed by atoms with Crippen molar-refractivity contribution in [1.82, 2.24) is 19.6 Å². The van der Waals surface area contributed by atoms with Crippen LogP contribution >= 0.6 is 0 Å². The van der Waals surface area contributed by atoms with Crippen molar-refractivity contribution >= 4 is 28.7 Å². The van der Waals surface area contributed by atoms with Gasteiger partial charge in [-0.05, 0) is 51.8 Å². The lowest BCUT2D eigenvalue weighted by Crippen LogP contribution is -2.39. The molecule has 1 spiro atoms. The summed E-state index contributed by atoms with van der Waals surface area (Å²) in [5, 5.41) is 11.5. The normalized spacial score (nSPS) is 18.1. The van der Waals surface area contributed by atoms with Gasteiger partial charge in [-0.25, -0.2) is 4.52 Å². The van der Waals surface area contributed by atoms with Gasteiger partial charge in [-0.2, -0.15) is 4.98 Å². The molecule has 9 nitrogen and oxygen atoms in total. The van der Waals surface area contributed by atoms with Gasteiger partial charge in [0.1, 0.15) is 5.52 Å². The van der Waals surface area contributed by atoms with E-state index in [9.17, 15) is 0 Å². The molecule has 1 aliphatic carbocycles. The van der Waals surface area contributed by atoms with E-state index in [1.807, 2.05) is 56.7 Å². The Morgan fingerprint density at radius 1 is 1.12 bits per heavy atom. The largest absolute Gasteiger partial charge is 0.371 e. The summed E-state index contributed by atoms with van der Waals surface area (Å²) < 4.78 is 13.6. The van der Waals surface area contributed by atoms with E-state index in [1.54, 1.807) is 0 Å². The van der Waals surface area contributed by atoms with Crippen LogP contribution in [-0.2, 0) is 9.47 Å². The number of rotatable bonds is 5. The molecular weight excluding hydrogens is 418 g/mol. The van der Waals surface area contributed by atoms with Crippen molar-refractivity contribution in [2.24, 2.45) is 4.99 Å². The fraction of sp³-hybridized carbons (Fsp3) is 0.500. The highest BCUT2D eigenvalue weighted by atomic mass is 16.7. The standard InChI is InChI=1S/C24H31N7O2/c1-15(2)26-19-5-6-20(27-16(19)3)18-9-12-31-21(18)22(25-4)29-23(30-31)28-17-7-10-24(11-8-17)32-13-14-33-24/h5-6,9,12,17H,7-8,10-11,13-14H2,1-4H3,(H2,25,28,29,30). The third-order valence-corrected chi connectivity index (χ3v) is 6.32. The van der Waals surface area contributed by atoms with Gasteiger partial charge in [-0.3, -0.25) is 9.98 Å². The maximum Gasteiger partial charge on any atom is 0.243 e. The third-order valence-electron chi connectivity index (χ3n) is 6.32. The summed E-state index contributed by atoms with van der Waals surface area (Å²) in [6.07, 6.45) is 5.66. The number of nitrogens with zero attached hydrogens (tertiary/aromatic N) is 5. The van der Waals surface area contributed by atoms with Crippen LogP contribution in [0.4, 0.5) is 17.5 Å². The molecular formula is C24H31N7O2. The van der Waals surface area contributed by atoms with Crippen LogP contribution in [0.5, 0.6) is 0 Å². The zero-order chi connectivity index (χ0) is 23.0. The Balaban J connectivity index is 1.40. The fourth-order valence-corrected chi connectivity index (χ4v) is 4.70. The van der Waals surface area contributed by atoms with Crippen LogP contribution in [0.15, 0.2) is 29.4 Å². The van der Waals surface area contributed by atoms with Gasteiger partial charge in [0.25, 0.3) is 0 Å². The molecule has 1 aliphatic heterocycles. The average molecular weight is 450 g/mol. The Kier molecular flexibility index (Phi) is 5.76. The average Bonchev–Trinajstić information content (AvgIpc) is 3.43. The smallest absolute Gasteiger partial charge is 0.243 e. The topological polar surface area (TPSA) is 98.0 Å². The van der Waals surface area contributed by atoms with Crippen LogP contribution in [0.25, 0.3) is 16.8 Å². The molecule has 1 saturated heterocycles. The van der Waals surface area contributed by atoms with Gasteiger partial charge in [0.2, 0.25) is 5.95 Å². The van der Waals surface area contributed by atoms with Gasteiger partial charge in [0, 0.05) is 43.4 Å². The molecule has 3 aromatic heterocycles. The molecule has 0 bridgehead atoms. The van der Waals surface area contributed by atoms with Crippen LogP contribution < -0.4 is 10.6 Å². The fourth-order valence-electron chi connectivity index (χ4n) is 4.70. The van der Waals surface area contributed by atoms with E-state index in [4.69, 9.17) is 24.5 Å². The molecule has 5 rings (SSSR count). The first-order valence-electron chi connectivity index (χ1n) is 11.6. The van der Waals surface area contributed by atoms with Gasteiger partial charge in [0.15, 0.2) is 11.6 Å². The Hall–Kier alpha value is -3.04. The number of pyridine rings is 1. The van der Waals surface area contributed by atoms with Gasteiger partial charge >= 0.3 is 0 Å². The highest BCUT2D eigenvalue weighted by Gasteiger charge is 2.40. The SMILES string of the molecule is CNc1nc(NC2CCC3(CC2)OCCO3)nn2ccc(-c3ccc(N=C(C)C)c(C)n3)c12. The number of anilines is 2. The second kappa shape index (κ2) is 8.72. The monoisotopic (exact) mass is 449 g/mol. The van der Waals surface area contributed by atoms with Crippen molar-refractivity contribution in [3.63, 3.8) is 0 Å².